The highest BCUT2D eigenvalue weighted by atomic mass is 32.1. The zero-order valence-electron chi connectivity index (χ0n) is 17.3. The predicted molar refractivity (Wildman–Crippen MR) is 126 cm³/mol. The summed E-state index contributed by atoms with van der Waals surface area (Å²) in [5.41, 5.74) is 0.912. The number of carbonyl (C=O) groups is 1. The quantitative estimate of drug-likeness (QED) is 0.383. The number of nitrogens with zero attached hydrogens (tertiary/aromatic N) is 4. The smallest absolute Gasteiger partial charge is 0.414 e. The summed E-state index contributed by atoms with van der Waals surface area (Å²) < 4.78 is 20.3. The van der Waals surface area contributed by atoms with Gasteiger partial charge in [0.2, 0.25) is 0 Å². The van der Waals surface area contributed by atoms with Crippen molar-refractivity contribution >= 4 is 56.0 Å². The third kappa shape index (κ3) is 4.75. The van der Waals surface area contributed by atoms with Gasteiger partial charge in [-0.15, -0.1) is 0 Å². The molecule has 12 heteroatoms. The van der Waals surface area contributed by atoms with Crippen LogP contribution in [0.5, 0.6) is 0 Å². The summed E-state index contributed by atoms with van der Waals surface area (Å²) in [4.78, 5) is 28.8. The number of nitro groups is 1. The third-order valence-electron chi connectivity index (χ3n) is 5.39. The molecule has 0 unspecified atom stereocenters. The number of hydrogen-bond acceptors (Lipinski definition) is 8. The van der Waals surface area contributed by atoms with E-state index in [0.717, 1.165) is 16.3 Å². The monoisotopic (exact) mass is 479 g/mol. The molecule has 32 heavy (non-hydrogen) atoms. The Morgan fingerprint density at radius 2 is 2.00 bits per heavy atom. The highest BCUT2D eigenvalue weighted by Gasteiger charge is 2.33. The van der Waals surface area contributed by atoms with Crippen LogP contribution >= 0.6 is 23.6 Å². The van der Waals surface area contributed by atoms with Crippen molar-refractivity contribution in [1.82, 2.24) is 5.32 Å². The second-order valence-electron chi connectivity index (χ2n) is 7.53. The zero-order valence-corrected chi connectivity index (χ0v) is 19.0. The van der Waals surface area contributed by atoms with Crippen LogP contribution in [0.15, 0.2) is 30.3 Å². The molecule has 2 aliphatic rings. The minimum Gasteiger partial charge on any atom is -0.442 e. The number of thiophene rings is 1. The number of cyclic esters (lactones) is 1. The fourth-order valence-electron chi connectivity index (χ4n) is 3.77. The van der Waals surface area contributed by atoms with Gasteiger partial charge in [0.25, 0.3) is 0 Å². The van der Waals surface area contributed by atoms with Crippen molar-refractivity contribution in [3.63, 3.8) is 0 Å². The number of thiocarbonyl (C=S) groups is 1. The highest BCUT2D eigenvalue weighted by molar-refractivity contribution is 7.80. The number of rotatable bonds is 6. The number of hydrogen-bond donors (Lipinski definition) is 1. The van der Waals surface area contributed by atoms with E-state index in [1.807, 2.05) is 4.90 Å². The number of piperazine rings is 1. The molecule has 0 spiro atoms. The lowest BCUT2D eigenvalue weighted by molar-refractivity contribution is -0.380. The molecule has 2 saturated heterocycles. The molecule has 4 rings (SSSR count). The summed E-state index contributed by atoms with van der Waals surface area (Å²) in [7, 11) is 0. The molecule has 1 atom stereocenters. The minimum absolute atomic E-state index is 0.111. The van der Waals surface area contributed by atoms with Gasteiger partial charge in [0.1, 0.15) is 11.9 Å². The summed E-state index contributed by atoms with van der Waals surface area (Å²) in [6, 6.07) is 8.00. The maximum atomic E-state index is 14.9. The highest BCUT2D eigenvalue weighted by Crippen LogP contribution is 2.33. The number of amides is 1. The third-order valence-corrected chi connectivity index (χ3v) is 6.63. The van der Waals surface area contributed by atoms with Crippen LogP contribution in [0.25, 0.3) is 0 Å². The summed E-state index contributed by atoms with van der Waals surface area (Å²) >= 11 is 6.12. The van der Waals surface area contributed by atoms with Crippen LogP contribution < -0.4 is 20.0 Å². The fraction of sp³-hybridized carbons (Fsp3) is 0.400. The van der Waals surface area contributed by atoms with Gasteiger partial charge in [-0.05, 0) is 42.5 Å². The van der Waals surface area contributed by atoms with Gasteiger partial charge >= 0.3 is 11.1 Å². The topological polar surface area (TPSA) is 91.2 Å². The normalized spacial score (nSPS) is 18.6. The molecule has 0 bridgehead atoms. The SMILES string of the molecule is CC(=S)NC[C@H]1CN(c2ccc(N3CCN(c4ccc([N+](=O)[O-])s4)CC3)c(F)c2)C(=O)O1. The number of nitrogens with one attached hydrogen (secondary N) is 1. The van der Waals surface area contributed by atoms with Gasteiger partial charge in [0.05, 0.1) is 39.4 Å². The van der Waals surface area contributed by atoms with Gasteiger partial charge in [0.15, 0.2) is 0 Å². The number of halogens is 1. The van der Waals surface area contributed by atoms with E-state index < -0.39 is 16.8 Å². The van der Waals surface area contributed by atoms with Crippen LogP contribution in [0.1, 0.15) is 6.92 Å². The second-order valence-corrected chi connectivity index (χ2v) is 9.19. The van der Waals surface area contributed by atoms with E-state index in [1.165, 1.54) is 17.0 Å². The Labute approximate surface area is 193 Å². The second kappa shape index (κ2) is 9.25. The van der Waals surface area contributed by atoms with Crippen molar-refractivity contribution in [3.05, 3.63) is 46.3 Å². The average molecular weight is 480 g/mol. The largest absolute Gasteiger partial charge is 0.442 e. The lowest BCUT2D eigenvalue weighted by atomic mass is 10.2. The Morgan fingerprint density at radius 1 is 1.28 bits per heavy atom. The Hall–Kier alpha value is -2.99. The Kier molecular flexibility index (Phi) is 6.42. The Balaban J connectivity index is 1.38. The van der Waals surface area contributed by atoms with Crippen LogP contribution in [0, 0.1) is 15.9 Å². The van der Waals surface area contributed by atoms with Gasteiger partial charge in [-0.25, -0.2) is 9.18 Å². The first-order valence-electron chi connectivity index (χ1n) is 10.1. The first-order chi connectivity index (χ1) is 15.3. The van der Waals surface area contributed by atoms with Crippen molar-refractivity contribution in [2.24, 2.45) is 0 Å². The lowest BCUT2D eigenvalue weighted by Gasteiger charge is -2.36. The van der Waals surface area contributed by atoms with E-state index in [2.05, 4.69) is 10.2 Å². The zero-order chi connectivity index (χ0) is 22.8. The number of anilines is 3. The number of benzene rings is 1. The van der Waals surface area contributed by atoms with Crippen molar-refractivity contribution < 1.29 is 18.8 Å². The van der Waals surface area contributed by atoms with Gasteiger partial charge < -0.3 is 19.9 Å². The van der Waals surface area contributed by atoms with Gasteiger partial charge in [-0.2, -0.15) is 0 Å². The molecule has 1 N–H and O–H groups in total. The van der Waals surface area contributed by atoms with Crippen molar-refractivity contribution in [3.8, 4) is 0 Å². The summed E-state index contributed by atoms with van der Waals surface area (Å²) in [5.74, 6) is -0.410. The molecule has 1 aromatic heterocycles. The first-order valence-corrected chi connectivity index (χ1v) is 11.3. The molecule has 2 aromatic rings. The molecule has 3 heterocycles. The van der Waals surface area contributed by atoms with Crippen LogP contribution in [-0.2, 0) is 4.74 Å². The maximum absolute atomic E-state index is 14.9. The van der Waals surface area contributed by atoms with Gasteiger partial charge in [0, 0.05) is 32.2 Å². The summed E-state index contributed by atoms with van der Waals surface area (Å²) in [6.07, 6.45) is -0.867. The van der Waals surface area contributed by atoms with E-state index in [4.69, 9.17) is 17.0 Å². The maximum Gasteiger partial charge on any atom is 0.414 e. The van der Waals surface area contributed by atoms with Crippen LogP contribution in [0.2, 0.25) is 0 Å². The van der Waals surface area contributed by atoms with E-state index in [0.29, 0.717) is 55.6 Å². The molecule has 9 nitrogen and oxygen atoms in total. The first kappa shape index (κ1) is 22.2. The molecule has 2 fully saturated rings. The van der Waals surface area contributed by atoms with Gasteiger partial charge in [-0.1, -0.05) is 12.2 Å². The van der Waals surface area contributed by atoms with E-state index in [-0.39, 0.29) is 11.1 Å². The molecule has 170 valence electrons. The molecule has 0 radical (unpaired) electrons. The molecule has 1 amide bonds. The van der Waals surface area contributed by atoms with E-state index in [9.17, 15) is 19.3 Å². The lowest BCUT2D eigenvalue weighted by Crippen LogP contribution is -2.46. The molecular formula is C20H22FN5O4S2. The average Bonchev–Trinajstić information content (AvgIpc) is 3.39. The van der Waals surface area contributed by atoms with E-state index >= 15 is 0 Å². The fourth-order valence-corrected chi connectivity index (χ4v) is 4.73. The number of carbonyl (C=O) groups excluding carboxylic acids is 1. The molecular weight excluding hydrogens is 457 g/mol. The summed E-state index contributed by atoms with van der Waals surface area (Å²) in [6.45, 7) is 4.91. The van der Waals surface area contributed by atoms with E-state index in [1.54, 1.807) is 25.1 Å². The minimum atomic E-state index is -0.510. The van der Waals surface area contributed by atoms with Crippen molar-refractivity contribution in [2.45, 2.75) is 13.0 Å². The van der Waals surface area contributed by atoms with Crippen molar-refractivity contribution in [2.75, 3.05) is 54.0 Å². The molecule has 2 aliphatic heterocycles. The Bertz CT molecular complexity index is 1040. The van der Waals surface area contributed by atoms with Gasteiger partial charge in [-0.3, -0.25) is 15.0 Å². The molecule has 1 aromatic carbocycles. The molecule has 0 saturated carbocycles. The number of ether oxygens (including phenoxy) is 1. The Morgan fingerprint density at radius 3 is 2.62 bits per heavy atom. The van der Waals surface area contributed by atoms with Crippen molar-refractivity contribution in [1.29, 1.82) is 0 Å². The predicted octanol–water partition coefficient (Wildman–Crippen LogP) is 3.38. The molecule has 0 aliphatic carbocycles. The van der Waals surface area contributed by atoms with Crippen LogP contribution in [0.3, 0.4) is 0 Å². The van der Waals surface area contributed by atoms with Crippen LogP contribution in [0.4, 0.5) is 30.6 Å². The van der Waals surface area contributed by atoms with Crippen LogP contribution in [-0.4, -0.2) is 61.4 Å². The standard InChI is InChI=1S/C20H22FN5O4S2/c1-13(31)22-11-15-12-25(20(27)30-15)14-2-3-17(16(21)10-14)23-6-8-24(9-7-23)18-4-5-19(32-18)26(28)29/h2-5,10,15H,6-9,11-12H2,1H3,(H,22,31)/t15-/m0/s1. The summed E-state index contributed by atoms with van der Waals surface area (Å²) in [5, 5.41) is 14.8.